The standard InChI is InChI=1S/C16H16F3N3O/c1-21-14-10-22(9-12(14)8-20-21)15(23)13-5-3-2-4-11(13)6-7-16(17,18)19/h2-5,8H,6-7,9-10H2,1H3. The van der Waals surface area contributed by atoms with Crippen molar-refractivity contribution < 1.29 is 18.0 Å². The van der Waals surface area contributed by atoms with E-state index in [4.69, 9.17) is 0 Å². The second-order valence-electron chi connectivity index (χ2n) is 5.67. The number of alkyl halides is 3. The van der Waals surface area contributed by atoms with Gasteiger partial charge in [0.1, 0.15) is 0 Å². The first-order valence-corrected chi connectivity index (χ1v) is 7.29. The molecule has 4 nitrogen and oxygen atoms in total. The average Bonchev–Trinajstić information content (AvgIpc) is 3.07. The number of benzene rings is 1. The van der Waals surface area contributed by atoms with Gasteiger partial charge < -0.3 is 4.90 Å². The second kappa shape index (κ2) is 5.72. The highest BCUT2D eigenvalue weighted by molar-refractivity contribution is 5.96. The maximum atomic E-state index is 12.7. The molecule has 1 amide bonds. The van der Waals surface area contributed by atoms with E-state index in [0.717, 1.165) is 11.3 Å². The summed E-state index contributed by atoms with van der Waals surface area (Å²) < 4.78 is 39.1. The molecule has 0 bridgehead atoms. The summed E-state index contributed by atoms with van der Waals surface area (Å²) in [6.45, 7) is 0.869. The number of nitrogens with zero attached hydrogens (tertiary/aromatic N) is 3. The first-order chi connectivity index (χ1) is 10.8. The number of fused-ring (bicyclic) bond motifs is 1. The molecular weight excluding hydrogens is 307 g/mol. The van der Waals surface area contributed by atoms with Crippen molar-refractivity contribution in [1.29, 1.82) is 0 Å². The first-order valence-electron chi connectivity index (χ1n) is 7.29. The van der Waals surface area contributed by atoms with Gasteiger partial charge >= 0.3 is 6.18 Å². The Kier molecular flexibility index (Phi) is 3.87. The van der Waals surface area contributed by atoms with Crippen LogP contribution in [-0.4, -0.2) is 26.8 Å². The zero-order valence-electron chi connectivity index (χ0n) is 12.6. The lowest BCUT2D eigenvalue weighted by molar-refractivity contribution is -0.134. The average molecular weight is 323 g/mol. The van der Waals surface area contributed by atoms with Gasteiger partial charge in [-0.15, -0.1) is 0 Å². The number of hydrogen-bond donors (Lipinski definition) is 0. The van der Waals surface area contributed by atoms with E-state index in [0.29, 0.717) is 24.2 Å². The molecule has 2 aromatic rings. The van der Waals surface area contributed by atoms with Crippen LogP contribution in [0.5, 0.6) is 0 Å². The highest BCUT2D eigenvalue weighted by atomic mass is 19.4. The van der Waals surface area contributed by atoms with Gasteiger partial charge in [0.25, 0.3) is 5.91 Å². The van der Waals surface area contributed by atoms with E-state index < -0.39 is 12.6 Å². The Balaban J connectivity index is 1.78. The molecule has 3 rings (SSSR count). The number of aromatic nitrogens is 2. The van der Waals surface area contributed by atoms with E-state index >= 15 is 0 Å². The summed E-state index contributed by atoms with van der Waals surface area (Å²) in [5.74, 6) is -0.237. The number of aryl methyl sites for hydroxylation is 2. The lowest BCUT2D eigenvalue weighted by atomic mass is 10.0. The first kappa shape index (κ1) is 15.6. The third-order valence-corrected chi connectivity index (χ3v) is 4.06. The molecule has 0 fully saturated rings. The van der Waals surface area contributed by atoms with Crippen LogP contribution < -0.4 is 0 Å². The fourth-order valence-corrected chi connectivity index (χ4v) is 2.82. The van der Waals surface area contributed by atoms with Crippen LogP contribution in [0.2, 0.25) is 0 Å². The van der Waals surface area contributed by atoms with Crippen LogP contribution in [0.4, 0.5) is 13.2 Å². The maximum Gasteiger partial charge on any atom is 0.389 e. The molecule has 0 spiro atoms. The van der Waals surface area contributed by atoms with Crippen LogP contribution >= 0.6 is 0 Å². The van der Waals surface area contributed by atoms with E-state index in [9.17, 15) is 18.0 Å². The minimum absolute atomic E-state index is 0.187. The number of hydrogen-bond acceptors (Lipinski definition) is 2. The Bertz CT molecular complexity index is 736. The van der Waals surface area contributed by atoms with Crippen LogP contribution in [0, 0.1) is 0 Å². The maximum absolute atomic E-state index is 12.7. The van der Waals surface area contributed by atoms with E-state index in [2.05, 4.69) is 5.10 Å². The van der Waals surface area contributed by atoms with Crippen molar-refractivity contribution in [3.63, 3.8) is 0 Å². The summed E-state index contributed by atoms with van der Waals surface area (Å²) in [5, 5.41) is 4.13. The predicted molar refractivity (Wildman–Crippen MR) is 77.6 cm³/mol. The lowest BCUT2D eigenvalue weighted by Gasteiger charge is -2.18. The predicted octanol–water partition coefficient (Wildman–Crippen LogP) is 3.07. The smallest absolute Gasteiger partial charge is 0.328 e. The van der Waals surface area contributed by atoms with Gasteiger partial charge in [-0.1, -0.05) is 18.2 Å². The van der Waals surface area contributed by atoms with Gasteiger partial charge in [0.2, 0.25) is 0 Å². The van der Waals surface area contributed by atoms with Crippen LogP contribution in [-0.2, 0) is 26.6 Å². The lowest BCUT2D eigenvalue weighted by Crippen LogP contribution is -2.27. The zero-order valence-corrected chi connectivity index (χ0v) is 12.6. The summed E-state index contributed by atoms with van der Waals surface area (Å²) >= 11 is 0. The van der Waals surface area contributed by atoms with Crippen molar-refractivity contribution in [2.45, 2.75) is 32.1 Å². The van der Waals surface area contributed by atoms with E-state index in [1.54, 1.807) is 40.0 Å². The molecule has 1 aliphatic heterocycles. The molecule has 0 radical (unpaired) electrons. The number of rotatable bonds is 3. The Morgan fingerprint density at radius 3 is 2.70 bits per heavy atom. The van der Waals surface area contributed by atoms with Crippen molar-refractivity contribution in [3.8, 4) is 0 Å². The monoisotopic (exact) mass is 323 g/mol. The zero-order chi connectivity index (χ0) is 16.6. The molecular formula is C16H16F3N3O. The van der Waals surface area contributed by atoms with Crippen LogP contribution in [0.15, 0.2) is 30.5 Å². The van der Waals surface area contributed by atoms with Gasteiger partial charge in [-0.05, 0) is 18.1 Å². The van der Waals surface area contributed by atoms with Gasteiger partial charge in [-0.3, -0.25) is 9.48 Å². The van der Waals surface area contributed by atoms with Crippen LogP contribution in [0.25, 0.3) is 0 Å². The molecule has 1 aliphatic rings. The van der Waals surface area contributed by atoms with Crippen molar-refractivity contribution in [3.05, 3.63) is 52.8 Å². The Morgan fingerprint density at radius 2 is 2.00 bits per heavy atom. The molecule has 2 heterocycles. The second-order valence-corrected chi connectivity index (χ2v) is 5.67. The van der Waals surface area contributed by atoms with Crippen molar-refractivity contribution in [1.82, 2.24) is 14.7 Å². The minimum atomic E-state index is -4.23. The van der Waals surface area contributed by atoms with Crippen LogP contribution in [0.1, 0.15) is 33.6 Å². The Hall–Kier alpha value is -2.31. The quantitative estimate of drug-likeness (QED) is 0.871. The molecule has 0 N–H and O–H groups in total. The third-order valence-electron chi connectivity index (χ3n) is 4.06. The molecule has 0 saturated carbocycles. The minimum Gasteiger partial charge on any atom is -0.328 e. The molecule has 0 saturated heterocycles. The fraction of sp³-hybridized carbons (Fsp3) is 0.375. The van der Waals surface area contributed by atoms with Crippen molar-refractivity contribution in [2.75, 3.05) is 0 Å². The molecule has 0 unspecified atom stereocenters. The Labute approximate surface area is 131 Å². The van der Waals surface area contributed by atoms with Gasteiger partial charge in [-0.2, -0.15) is 18.3 Å². The summed E-state index contributed by atoms with van der Waals surface area (Å²) in [6.07, 6.45) is -3.63. The van der Waals surface area contributed by atoms with Gasteiger partial charge in [0, 0.05) is 31.1 Å². The number of amides is 1. The van der Waals surface area contributed by atoms with Gasteiger partial charge in [0.15, 0.2) is 0 Å². The van der Waals surface area contributed by atoms with Crippen molar-refractivity contribution >= 4 is 5.91 Å². The molecule has 0 aliphatic carbocycles. The fourth-order valence-electron chi connectivity index (χ4n) is 2.82. The van der Waals surface area contributed by atoms with Crippen LogP contribution in [0.3, 0.4) is 0 Å². The topological polar surface area (TPSA) is 38.1 Å². The van der Waals surface area contributed by atoms with E-state index in [-0.39, 0.29) is 12.3 Å². The third kappa shape index (κ3) is 3.23. The molecule has 23 heavy (non-hydrogen) atoms. The largest absolute Gasteiger partial charge is 0.389 e. The highest BCUT2D eigenvalue weighted by Crippen LogP contribution is 2.27. The van der Waals surface area contributed by atoms with Gasteiger partial charge in [-0.25, -0.2) is 0 Å². The molecule has 1 aromatic carbocycles. The summed E-state index contributed by atoms with van der Waals surface area (Å²) in [4.78, 5) is 14.3. The highest BCUT2D eigenvalue weighted by Gasteiger charge is 2.30. The number of halogens is 3. The van der Waals surface area contributed by atoms with E-state index in [1.807, 2.05) is 7.05 Å². The Morgan fingerprint density at radius 1 is 1.26 bits per heavy atom. The number of carbonyl (C=O) groups excluding carboxylic acids is 1. The summed E-state index contributed by atoms with van der Waals surface area (Å²) in [5.41, 5.74) is 2.72. The molecule has 122 valence electrons. The molecule has 0 atom stereocenters. The molecule has 1 aromatic heterocycles. The summed E-state index contributed by atoms with van der Waals surface area (Å²) in [7, 11) is 1.81. The number of carbonyl (C=O) groups is 1. The normalized spacial score (nSPS) is 14.2. The van der Waals surface area contributed by atoms with Gasteiger partial charge in [0.05, 0.1) is 18.4 Å². The van der Waals surface area contributed by atoms with Crippen molar-refractivity contribution in [2.24, 2.45) is 7.05 Å². The van der Waals surface area contributed by atoms with E-state index in [1.165, 1.54) is 0 Å². The summed E-state index contributed by atoms with van der Waals surface area (Å²) in [6, 6.07) is 6.51. The SMILES string of the molecule is Cn1ncc2c1CN(C(=O)c1ccccc1CCC(F)(F)F)C2. The molecule has 7 heteroatoms.